The SMILES string of the molecule is CCCc1nnc(SCC(=O)Nc2ccccc2C#N)o1. The van der Waals surface area contributed by atoms with Crippen molar-refractivity contribution in [3.8, 4) is 6.07 Å². The molecule has 0 aliphatic rings. The van der Waals surface area contributed by atoms with Crippen LogP contribution in [-0.4, -0.2) is 21.9 Å². The van der Waals surface area contributed by atoms with Crippen molar-refractivity contribution >= 4 is 23.4 Å². The van der Waals surface area contributed by atoms with Crippen molar-refractivity contribution in [1.29, 1.82) is 5.26 Å². The number of nitrogens with zero attached hydrogens (tertiary/aromatic N) is 3. The average Bonchev–Trinajstić information content (AvgIpc) is 2.94. The zero-order chi connectivity index (χ0) is 15.1. The third-order valence-electron chi connectivity index (χ3n) is 2.56. The van der Waals surface area contributed by atoms with Crippen LogP contribution in [-0.2, 0) is 11.2 Å². The van der Waals surface area contributed by atoms with E-state index < -0.39 is 0 Å². The number of amides is 1. The van der Waals surface area contributed by atoms with Crippen molar-refractivity contribution in [3.63, 3.8) is 0 Å². The van der Waals surface area contributed by atoms with Gasteiger partial charge in [0, 0.05) is 6.42 Å². The summed E-state index contributed by atoms with van der Waals surface area (Å²) in [6.07, 6.45) is 1.66. The summed E-state index contributed by atoms with van der Waals surface area (Å²) in [6, 6.07) is 8.88. The Morgan fingerprint density at radius 1 is 1.43 bits per heavy atom. The van der Waals surface area contributed by atoms with Crippen LogP contribution < -0.4 is 5.32 Å². The van der Waals surface area contributed by atoms with Crippen LogP contribution in [0.4, 0.5) is 5.69 Å². The van der Waals surface area contributed by atoms with E-state index in [0.29, 0.717) is 22.4 Å². The second-order valence-electron chi connectivity index (χ2n) is 4.21. The van der Waals surface area contributed by atoms with Gasteiger partial charge in [0.2, 0.25) is 11.8 Å². The molecule has 0 saturated carbocycles. The summed E-state index contributed by atoms with van der Waals surface area (Å²) in [4.78, 5) is 11.9. The average molecular weight is 302 g/mol. The number of hydrogen-bond donors (Lipinski definition) is 1. The van der Waals surface area contributed by atoms with E-state index in [0.717, 1.165) is 12.8 Å². The van der Waals surface area contributed by atoms with Gasteiger partial charge in [0.1, 0.15) is 6.07 Å². The molecule has 0 aliphatic carbocycles. The molecule has 1 aromatic heterocycles. The normalized spacial score (nSPS) is 10.1. The molecule has 0 aliphatic heterocycles. The predicted molar refractivity (Wildman–Crippen MR) is 78.8 cm³/mol. The quantitative estimate of drug-likeness (QED) is 0.825. The molecule has 0 radical (unpaired) electrons. The number of carbonyl (C=O) groups is 1. The zero-order valence-electron chi connectivity index (χ0n) is 11.5. The molecule has 7 heteroatoms. The van der Waals surface area contributed by atoms with Gasteiger partial charge < -0.3 is 9.73 Å². The van der Waals surface area contributed by atoms with Crippen LogP contribution in [0, 0.1) is 11.3 Å². The summed E-state index contributed by atoms with van der Waals surface area (Å²) in [5, 5.41) is 19.8. The Balaban J connectivity index is 1.88. The number of hydrogen-bond acceptors (Lipinski definition) is 6. The highest BCUT2D eigenvalue weighted by atomic mass is 32.2. The lowest BCUT2D eigenvalue weighted by Crippen LogP contribution is -2.14. The van der Waals surface area contributed by atoms with E-state index >= 15 is 0 Å². The lowest BCUT2D eigenvalue weighted by molar-refractivity contribution is -0.113. The first-order valence-corrected chi connectivity index (χ1v) is 7.45. The Hall–Kier alpha value is -2.33. The maximum absolute atomic E-state index is 11.9. The van der Waals surface area contributed by atoms with Crippen LogP contribution in [0.2, 0.25) is 0 Å². The number of nitriles is 1. The summed E-state index contributed by atoms with van der Waals surface area (Å²) in [6.45, 7) is 2.02. The van der Waals surface area contributed by atoms with Crippen molar-refractivity contribution in [2.45, 2.75) is 25.0 Å². The van der Waals surface area contributed by atoms with Crippen molar-refractivity contribution in [2.24, 2.45) is 0 Å². The smallest absolute Gasteiger partial charge is 0.277 e. The van der Waals surface area contributed by atoms with E-state index in [9.17, 15) is 4.79 Å². The summed E-state index contributed by atoms with van der Waals surface area (Å²) < 4.78 is 5.38. The first-order valence-electron chi connectivity index (χ1n) is 6.47. The molecule has 108 valence electrons. The fourth-order valence-electron chi connectivity index (χ4n) is 1.61. The van der Waals surface area contributed by atoms with E-state index in [-0.39, 0.29) is 11.7 Å². The van der Waals surface area contributed by atoms with Crippen LogP contribution in [0.3, 0.4) is 0 Å². The third kappa shape index (κ3) is 4.33. The largest absolute Gasteiger partial charge is 0.416 e. The number of nitrogens with one attached hydrogen (secondary N) is 1. The van der Waals surface area contributed by atoms with Gasteiger partial charge in [0.25, 0.3) is 5.22 Å². The number of para-hydroxylation sites is 1. The Morgan fingerprint density at radius 2 is 2.24 bits per heavy atom. The van der Waals surface area contributed by atoms with Gasteiger partial charge in [-0.15, -0.1) is 10.2 Å². The minimum Gasteiger partial charge on any atom is -0.416 e. The summed E-state index contributed by atoms with van der Waals surface area (Å²) in [7, 11) is 0. The zero-order valence-corrected chi connectivity index (χ0v) is 12.3. The minimum absolute atomic E-state index is 0.146. The molecule has 2 rings (SSSR count). The van der Waals surface area contributed by atoms with Gasteiger partial charge in [-0.05, 0) is 18.6 Å². The summed E-state index contributed by atoms with van der Waals surface area (Å²) in [5.74, 6) is 0.501. The van der Waals surface area contributed by atoms with Crippen LogP contribution >= 0.6 is 11.8 Å². The molecule has 0 spiro atoms. The molecular weight excluding hydrogens is 288 g/mol. The molecule has 1 amide bonds. The highest BCUT2D eigenvalue weighted by molar-refractivity contribution is 7.99. The molecule has 21 heavy (non-hydrogen) atoms. The van der Waals surface area contributed by atoms with Gasteiger partial charge in [-0.25, -0.2) is 0 Å². The van der Waals surface area contributed by atoms with E-state index in [1.807, 2.05) is 13.0 Å². The molecular formula is C14H14N4O2S. The Morgan fingerprint density at radius 3 is 3.00 bits per heavy atom. The fraction of sp³-hybridized carbons (Fsp3) is 0.286. The van der Waals surface area contributed by atoms with Gasteiger partial charge in [-0.3, -0.25) is 4.79 Å². The molecule has 1 aromatic carbocycles. The summed E-state index contributed by atoms with van der Waals surface area (Å²) in [5.41, 5.74) is 0.932. The van der Waals surface area contributed by atoms with Crippen molar-refractivity contribution in [1.82, 2.24) is 10.2 Å². The van der Waals surface area contributed by atoms with Crippen molar-refractivity contribution < 1.29 is 9.21 Å². The molecule has 0 unspecified atom stereocenters. The van der Waals surface area contributed by atoms with E-state index in [4.69, 9.17) is 9.68 Å². The number of thioether (sulfide) groups is 1. The monoisotopic (exact) mass is 302 g/mol. The topological polar surface area (TPSA) is 91.8 Å². The molecule has 0 atom stereocenters. The maximum atomic E-state index is 11.9. The Kier molecular flexibility index (Phi) is 5.35. The molecule has 0 bridgehead atoms. The number of aromatic nitrogens is 2. The molecule has 1 heterocycles. The molecule has 1 N–H and O–H groups in total. The highest BCUT2D eigenvalue weighted by Gasteiger charge is 2.10. The fourth-order valence-corrected chi connectivity index (χ4v) is 2.20. The summed E-state index contributed by atoms with van der Waals surface area (Å²) >= 11 is 1.17. The number of anilines is 1. The number of rotatable bonds is 6. The highest BCUT2D eigenvalue weighted by Crippen LogP contribution is 2.18. The van der Waals surface area contributed by atoms with Gasteiger partial charge in [-0.1, -0.05) is 30.8 Å². The van der Waals surface area contributed by atoms with E-state index in [1.165, 1.54) is 11.8 Å². The molecule has 0 saturated heterocycles. The number of aryl methyl sites for hydroxylation is 1. The van der Waals surface area contributed by atoms with Gasteiger partial charge >= 0.3 is 0 Å². The van der Waals surface area contributed by atoms with E-state index in [1.54, 1.807) is 24.3 Å². The molecule has 6 nitrogen and oxygen atoms in total. The van der Waals surface area contributed by atoms with Gasteiger partial charge in [0.05, 0.1) is 17.0 Å². The van der Waals surface area contributed by atoms with E-state index in [2.05, 4.69) is 15.5 Å². The standard InChI is InChI=1S/C14H14N4O2S/c1-2-5-13-17-18-14(20-13)21-9-12(19)16-11-7-4-3-6-10(11)8-15/h3-4,6-7H,2,5,9H2,1H3,(H,16,19). The van der Waals surface area contributed by atoms with Gasteiger partial charge in [0.15, 0.2) is 0 Å². The molecule has 0 fully saturated rings. The second kappa shape index (κ2) is 7.45. The minimum atomic E-state index is -0.224. The maximum Gasteiger partial charge on any atom is 0.277 e. The van der Waals surface area contributed by atoms with Crippen LogP contribution in [0.25, 0.3) is 0 Å². The first-order chi connectivity index (χ1) is 10.2. The third-order valence-corrected chi connectivity index (χ3v) is 3.38. The Bertz CT molecular complexity index is 663. The second-order valence-corrected chi connectivity index (χ2v) is 5.13. The predicted octanol–water partition coefficient (Wildman–Crippen LogP) is 2.62. The Labute approximate surface area is 126 Å². The van der Waals surface area contributed by atoms with Gasteiger partial charge in [-0.2, -0.15) is 5.26 Å². The van der Waals surface area contributed by atoms with Crippen molar-refractivity contribution in [2.75, 3.05) is 11.1 Å². The van der Waals surface area contributed by atoms with Crippen molar-refractivity contribution in [3.05, 3.63) is 35.7 Å². The first kappa shape index (κ1) is 15.1. The van der Waals surface area contributed by atoms with Crippen LogP contribution in [0.1, 0.15) is 24.8 Å². The lowest BCUT2D eigenvalue weighted by atomic mass is 10.2. The van der Waals surface area contributed by atoms with Crippen LogP contribution in [0.15, 0.2) is 33.9 Å². The van der Waals surface area contributed by atoms with Crippen LogP contribution in [0.5, 0.6) is 0 Å². The number of carbonyl (C=O) groups excluding carboxylic acids is 1. The number of benzene rings is 1. The lowest BCUT2D eigenvalue weighted by Gasteiger charge is -2.05. The molecule has 2 aromatic rings.